The highest BCUT2D eigenvalue weighted by molar-refractivity contribution is 7.10. The molecule has 3 heteroatoms. The third kappa shape index (κ3) is 2.34. The van der Waals surface area contributed by atoms with Crippen LogP contribution in [0.4, 0.5) is 0 Å². The van der Waals surface area contributed by atoms with Crippen molar-refractivity contribution in [3.63, 3.8) is 0 Å². The van der Waals surface area contributed by atoms with Crippen molar-refractivity contribution in [3.05, 3.63) is 22.4 Å². The zero-order valence-electron chi connectivity index (χ0n) is 7.33. The van der Waals surface area contributed by atoms with Crippen LogP contribution in [-0.2, 0) is 4.79 Å². The first-order valence-corrected chi connectivity index (χ1v) is 4.92. The Morgan fingerprint density at radius 3 is 2.92 bits per heavy atom. The lowest BCUT2D eigenvalue weighted by Gasteiger charge is -2.13. The number of rotatable bonds is 3. The number of thiophene rings is 1. The summed E-state index contributed by atoms with van der Waals surface area (Å²) in [7, 11) is 0. The van der Waals surface area contributed by atoms with Gasteiger partial charge in [-0.25, -0.2) is 0 Å². The molecule has 0 aliphatic heterocycles. The van der Waals surface area contributed by atoms with Crippen LogP contribution < -0.4 is 5.32 Å². The summed E-state index contributed by atoms with van der Waals surface area (Å²) < 4.78 is 0. The van der Waals surface area contributed by atoms with E-state index in [2.05, 4.69) is 18.3 Å². The van der Waals surface area contributed by atoms with Gasteiger partial charge in [-0.3, -0.25) is 4.79 Å². The molecule has 0 unspecified atom stereocenters. The van der Waals surface area contributed by atoms with Crippen molar-refractivity contribution in [2.24, 2.45) is 0 Å². The fourth-order valence-corrected chi connectivity index (χ4v) is 1.97. The molecule has 1 N–H and O–H groups in total. The molecule has 1 rings (SSSR count). The van der Waals surface area contributed by atoms with Gasteiger partial charge in [-0.15, -0.1) is 11.3 Å². The highest BCUT2D eigenvalue weighted by Crippen LogP contribution is 2.21. The Labute approximate surface area is 76.6 Å². The van der Waals surface area contributed by atoms with Crippen molar-refractivity contribution in [2.45, 2.75) is 26.3 Å². The third-order valence-electron chi connectivity index (χ3n) is 1.67. The van der Waals surface area contributed by atoms with Crippen molar-refractivity contribution in [1.82, 2.24) is 5.32 Å². The van der Waals surface area contributed by atoms with Gasteiger partial charge in [0, 0.05) is 11.8 Å². The van der Waals surface area contributed by atoms with Gasteiger partial charge in [0.05, 0.1) is 6.04 Å². The van der Waals surface area contributed by atoms with Gasteiger partial charge < -0.3 is 5.32 Å². The Balaban J connectivity index is 2.63. The molecule has 0 spiro atoms. The Morgan fingerprint density at radius 2 is 2.50 bits per heavy atom. The average Bonchev–Trinajstić information content (AvgIpc) is 2.51. The van der Waals surface area contributed by atoms with Crippen LogP contribution in [0, 0.1) is 0 Å². The smallest absolute Gasteiger partial charge is 0.217 e. The number of nitrogens with one attached hydrogen (secondary N) is 1. The van der Waals surface area contributed by atoms with Crippen LogP contribution in [0.1, 0.15) is 31.2 Å². The summed E-state index contributed by atoms with van der Waals surface area (Å²) in [5.74, 6) is 0.0373. The van der Waals surface area contributed by atoms with Crippen LogP contribution in [-0.4, -0.2) is 5.91 Å². The number of amides is 1. The van der Waals surface area contributed by atoms with Crippen LogP contribution in [0.15, 0.2) is 17.5 Å². The second-order valence-corrected chi connectivity index (χ2v) is 3.66. The van der Waals surface area contributed by atoms with Gasteiger partial charge >= 0.3 is 0 Å². The number of carbonyl (C=O) groups excluding carboxylic acids is 1. The van der Waals surface area contributed by atoms with E-state index in [1.165, 1.54) is 4.88 Å². The minimum atomic E-state index is 0.0373. The van der Waals surface area contributed by atoms with E-state index in [1.807, 2.05) is 11.4 Å². The van der Waals surface area contributed by atoms with E-state index in [9.17, 15) is 4.79 Å². The molecule has 1 amide bonds. The topological polar surface area (TPSA) is 29.1 Å². The zero-order valence-corrected chi connectivity index (χ0v) is 8.15. The van der Waals surface area contributed by atoms with Crippen LogP contribution in [0.25, 0.3) is 0 Å². The minimum Gasteiger partial charge on any atom is -0.349 e. The summed E-state index contributed by atoms with van der Waals surface area (Å²) >= 11 is 1.68. The van der Waals surface area contributed by atoms with Gasteiger partial charge in [-0.2, -0.15) is 0 Å². The summed E-state index contributed by atoms with van der Waals surface area (Å²) in [6.07, 6.45) is 0.945. The Morgan fingerprint density at radius 1 is 1.75 bits per heavy atom. The van der Waals surface area contributed by atoms with Gasteiger partial charge in [-0.05, 0) is 17.9 Å². The molecule has 0 saturated heterocycles. The summed E-state index contributed by atoms with van der Waals surface area (Å²) in [4.78, 5) is 12.0. The number of hydrogen-bond acceptors (Lipinski definition) is 2. The lowest BCUT2D eigenvalue weighted by atomic mass is 10.2. The first kappa shape index (κ1) is 9.26. The molecule has 0 fully saturated rings. The van der Waals surface area contributed by atoms with Gasteiger partial charge in [0.2, 0.25) is 5.91 Å². The normalized spacial score (nSPS) is 12.5. The Bertz CT molecular complexity index is 243. The fraction of sp³-hybridized carbons (Fsp3) is 0.444. The van der Waals surface area contributed by atoms with Crippen molar-refractivity contribution < 1.29 is 4.79 Å². The Hall–Kier alpha value is -0.830. The lowest BCUT2D eigenvalue weighted by molar-refractivity contribution is -0.119. The molecule has 1 aromatic rings. The van der Waals surface area contributed by atoms with E-state index in [4.69, 9.17) is 0 Å². The van der Waals surface area contributed by atoms with Crippen molar-refractivity contribution in [3.8, 4) is 0 Å². The van der Waals surface area contributed by atoms with Crippen molar-refractivity contribution >= 4 is 17.2 Å². The second-order valence-electron chi connectivity index (χ2n) is 2.68. The van der Waals surface area contributed by atoms with E-state index >= 15 is 0 Å². The molecule has 0 aromatic carbocycles. The molecule has 66 valence electrons. The van der Waals surface area contributed by atoms with E-state index in [0.717, 1.165) is 6.42 Å². The Kier molecular flexibility index (Phi) is 3.29. The van der Waals surface area contributed by atoms with E-state index in [0.29, 0.717) is 0 Å². The van der Waals surface area contributed by atoms with E-state index < -0.39 is 0 Å². The van der Waals surface area contributed by atoms with Gasteiger partial charge in [0.1, 0.15) is 0 Å². The minimum absolute atomic E-state index is 0.0373. The predicted octanol–water partition coefficient (Wildman–Crippen LogP) is 2.34. The van der Waals surface area contributed by atoms with Crippen LogP contribution in [0.5, 0.6) is 0 Å². The van der Waals surface area contributed by atoms with Crippen LogP contribution >= 0.6 is 11.3 Å². The quantitative estimate of drug-likeness (QED) is 0.765. The molecular weight excluding hydrogens is 170 g/mol. The van der Waals surface area contributed by atoms with Crippen LogP contribution in [0.3, 0.4) is 0 Å². The maximum atomic E-state index is 10.8. The molecule has 12 heavy (non-hydrogen) atoms. The molecule has 1 heterocycles. The van der Waals surface area contributed by atoms with Gasteiger partial charge in [0.25, 0.3) is 0 Å². The van der Waals surface area contributed by atoms with Crippen LogP contribution in [0.2, 0.25) is 0 Å². The standard InChI is InChI=1S/C9H13NOS/c1-3-8(10-7(2)11)9-5-4-6-12-9/h4-6,8H,3H2,1-2H3,(H,10,11)/t8-/m0/s1. The molecule has 0 saturated carbocycles. The summed E-state index contributed by atoms with van der Waals surface area (Å²) in [5.41, 5.74) is 0. The second kappa shape index (κ2) is 4.26. The maximum absolute atomic E-state index is 10.8. The molecule has 0 bridgehead atoms. The number of carbonyl (C=O) groups is 1. The maximum Gasteiger partial charge on any atom is 0.217 e. The molecule has 1 aromatic heterocycles. The fourth-order valence-electron chi connectivity index (χ4n) is 1.11. The molecule has 0 aliphatic rings. The molecule has 0 aliphatic carbocycles. The first-order valence-electron chi connectivity index (χ1n) is 4.04. The molecular formula is C9H13NOS. The number of hydrogen-bond donors (Lipinski definition) is 1. The summed E-state index contributed by atoms with van der Waals surface area (Å²) in [6.45, 7) is 3.62. The monoisotopic (exact) mass is 183 g/mol. The van der Waals surface area contributed by atoms with Gasteiger partial charge in [0.15, 0.2) is 0 Å². The first-order chi connectivity index (χ1) is 5.74. The molecule has 0 radical (unpaired) electrons. The highest BCUT2D eigenvalue weighted by atomic mass is 32.1. The van der Waals surface area contributed by atoms with Gasteiger partial charge in [-0.1, -0.05) is 13.0 Å². The zero-order chi connectivity index (χ0) is 8.97. The van der Waals surface area contributed by atoms with E-state index in [-0.39, 0.29) is 11.9 Å². The van der Waals surface area contributed by atoms with Crippen molar-refractivity contribution in [2.75, 3.05) is 0 Å². The molecule has 1 atom stereocenters. The largest absolute Gasteiger partial charge is 0.349 e. The SMILES string of the molecule is CC[C@H](NC(C)=O)c1cccs1. The summed E-state index contributed by atoms with van der Waals surface area (Å²) in [6, 6.07) is 4.25. The third-order valence-corrected chi connectivity index (χ3v) is 2.66. The molecule has 2 nitrogen and oxygen atoms in total. The van der Waals surface area contributed by atoms with E-state index in [1.54, 1.807) is 18.3 Å². The summed E-state index contributed by atoms with van der Waals surface area (Å²) in [5, 5.41) is 4.93. The predicted molar refractivity (Wildman–Crippen MR) is 51.2 cm³/mol. The highest BCUT2D eigenvalue weighted by Gasteiger charge is 2.09. The average molecular weight is 183 g/mol. The lowest BCUT2D eigenvalue weighted by Crippen LogP contribution is -2.24. The van der Waals surface area contributed by atoms with Crippen molar-refractivity contribution in [1.29, 1.82) is 0 Å².